The van der Waals surface area contributed by atoms with Crippen LogP contribution in [0, 0.1) is 5.92 Å². The van der Waals surface area contributed by atoms with Gasteiger partial charge in [-0.05, 0) is 26.7 Å². The highest BCUT2D eigenvalue weighted by Crippen LogP contribution is 2.07. The summed E-state index contributed by atoms with van der Waals surface area (Å²) in [5, 5.41) is 2.48. The third kappa shape index (κ3) is 6.94. The number of ether oxygens (including phenoxy) is 1. The van der Waals surface area contributed by atoms with Gasteiger partial charge in [-0.25, -0.2) is 0 Å². The van der Waals surface area contributed by atoms with Crippen molar-refractivity contribution in [1.82, 2.24) is 5.32 Å². The average Bonchev–Trinajstić information content (AvgIpc) is 2.21. The lowest BCUT2D eigenvalue weighted by atomic mass is 9.99. The maximum atomic E-state index is 11.6. The normalized spacial score (nSPS) is 14.9. The molecule has 1 amide bonds. The molecule has 5 nitrogen and oxygen atoms in total. The van der Waals surface area contributed by atoms with Gasteiger partial charge in [0.15, 0.2) is 0 Å². The Morgan fingerprint density at radius 2 is 1.88 bits per heavy atom. The molecule has 0 saturated carbocycles. The van der Waals surface area contributed by atoms with Crippen LogP contribution in [0.4, 0.5) is 0 Å². The van der Waals surface area contributed by atoms with Gasteiger partial charge in [0.1, 0.15) is 12.1 Å². The van der Waals surface area contributed by atoms with Gasteiger partial charge in [-0.1, -0.05) is 20.3 Å². The summed E-state index contributed by atoms with van der Waals surface area (Å²) in [5.74, 6) is -0.680. The van der Waals surface area contributed by atoms with Crippen LogP contribution >= 0.6 is 0 Å². The molecule has 0 aliphatic rings. The predicted octanol–water partition coefficient (Wildman–Crippen LogP) is 0.818. The summed E-state index contributed by atoms with van der Waals surface area (Å²) in [6.45, 7) is 9.05. The topological polar surface area (TPSA) is 81.4 Å². The molecule has 0 unspecified atom stereocenters. The fourth-order valence-corrected chi connectivity index (χ4v) is 1.17. The van der Waals surface area contributed by atoms with Gasteiger partial charge in [-0.15, -0.1) is 0 Å². The molecule has 0 bridgehead atoms. The molecule has 100 valence electrons. The highest BCUT2D eigenvalue weighted by molar-refractivity contribution is 5.85. The first-order valence-corrected chi connectivity index (χ1v) is 5.92. The molecule has 3 N–H and O–H groups in total. The smallest absolute Gasteiger partial charge is 0.325 e. The van der Waals surface area contributed by atoms with Crippen LogP contribution in [0.25, 0.3) is 0 Å². The molecule has 0 fully saturated rings. The molecule has 0 radical (unpaired) electrons. The van der Waals surface area contributed by atoms with Crippen molar-refractivity contribution in [2.24, 2.45) is 11.7 Å². The minimum atomic E-state index is -0.581. The van der Waals surface area contributed by atoms with E-state index in [2.05, 4.69) is 5.32 Å². The molecule has 0 aliphatic carbocycles. The first-order valence-electron chi connectivity index (χ1n) is 5.92. The lowest BCUT2D eigenvalue weighted by Gasteiger charge is -2.21. The molecule has 5 heteroatoms. The summed E-state index contributed by atoms with van der Waals surface area (Å²) in [5.41, 5.74) is 5.18. The number of carbonyl (C=O) groups excluding carboxylic acids is 2. The average molecular weight is 244 g/mol. The maximum absolute atomic E-state index is 11.6. The van der Waals surface area contributed by atoms with Gasteiger partial charge in [-0.3, -0.25) is 9.59 Å². The molecule has 0 saturated heterocycles. The maximum Gasteiger partial charge on any atom is 0.325 e. The lowest BCUT2D eigenvalue weighted by Crippen LogP contribution is -2.46. The molecular formula is C12H24N2O3. The quantitative estimate of drug-likeness (QED) is 0.701. The summed E-state index contributed by atoms with van der Waals surface area (Å²) >= 11 is 0. The number of nitrogens with one attached hydrogen (secondary N) is 1. The number of esters is 1. The second kappa shape index (κ2) is 6.59. The van der Waals surface area contributed by atoms with Crippen LogP contribution in [-0.2, 0) is 14.3 Å². The SMILES string of the molecule is CC[C@H](C)[C@H](N)C(=O)NCC(=O)OC(C)(C)C. The Balaban J connectivity index is 4.04. The van der Waals surface area contributed by atoms with Crippen molar-refractivity contribution < 1.29 is 14.3 Å². The van der Waals surface area contributed by atoms with Crippen LogP contribution in [0.2, 0.25) is 0 Å². The molecule has 0 aromatic rings. The Morgan fingerprint density at radius 3 is 2.29 bits per heavy atom. The monoisotopic (exact) mass is 244 g/mol. The third-order valence-electron chi connectivity index (χ3n) is 2.39. The van der Waals surface area contributed by atoms with Crippen molar-refractivity contribution in [3.05, 3.63) is 0 Å². The summed E-state index contributed by atoms with van der Waals surface area (Å²) in [7, 11) is 0. The summed E-state index contributed by atoms with van der Waals surface area (Å²) in [4.78, 5) is 22.9. The van der Waals surface area contributed by atoms with Gasteiger partial charge in [0.05, 0.1) is 6.04 Å². The van der Waals surface area contributed by atoms with Gasteiger partial charge < -0.3 is 15.8 Å². The van der Waals surface area contributed by atoms with Gasteiger partial charge in [-0.2, -0.15) is 0 Å². The van der Waals surface area contributed by atoms with E-state index in [9.17, 15) is 9.59 Å². The zero-order chi connectivity index (χ0) is 13.6. The van der Waals surface area contributed by atoms with Crippen LogP contribution in [-0.4, -0.2) is 30.1 Å². The van der Waals surface area contributed by atoms with E-state index in [1.807, 2.05) is 13.8 Å². The van der Waals surface area contributed by atoms with E-state index in [4.69, 9.17) is 10.5 Å². The molecule has 0 aliphatic heterocycles. The molecule has 17 heavy (non-hydrogen) atoms. The molecule has 0 spiro atoms. The summed E-state index contributed by atoms with van der Waals surface area (Å²) in [6.07, 6.45) is 0.820. The van der Waals surface area contributed by atoms with Crippen LogP contribution in [0.5, 0.6) is 0 Å². The van der Waals surface area contributed by atoms with Crippen LogP contribution in [0.15, 0.2) is 0 Å². The number of carbonyl (C=O) groups is 2. The summed E-state index contributed by atoms with van der Waals surface area (Å²) < 4.78 is 5.06. The van der Waals surface area contributed by atoms with Crippen molar-refractivity contribution in [2.45, 2.75) is 52.7 Å². The van der Waals surface area contributed by atoms with E-state index in [-0.39, 0.29) is 18.4 Å². The fourth-order valence-electron chi connectivity index (χ4n) is 1.17. The first kappa shape index (κ1) is 15.9. The molecule has 2 atom stereocenters. The highest BCUT2D eigenvalue weighted by Gasteiger charge is 2.21. The second-order valence-corrected chi connectivity index (χ2v) is 5.22. The zero-order valence-corrected chi connectivity index (χ0v) is 11.4. The van der Waals surface area contributed by atoms with E-state index in [1.165, 1.54) is 0 Å². The van der Waals surface area contributed by atoms with E-state index in [1.54, 1.807) is 20.8 Å². The molecule has 0 rings (SSSR count). The number of rotatable bonds is 5. The van der Waals surface area contributed by atoms with Gasteiger partial charge in [0.2, 0.25) is 5.91 Å². The van der Waals surface area contributed by atoms with Gasteiger partial charge in [0, 0.05) is 0 Å². The summed E-state index contributed by atoms with van der Waals surface area (Å²) in [6, 6.07) is -0.581. The van der Waals surface area contributed by atoms with Gasteiger partial charge >= 0.3 is 5.97 Å². The molecule has 0 heterocycles. The Labute approximate surface area is 103 Å². The third-order valence-corrected chi connectivity index (χ3v) is 2.39. The van der Waals surface area contributed by atoms with Crippen molar-refractivity contribution in [3.63, 3.8) is 0 Å². The van der Waals surface area contributed by atoms with Crippen LogP contribution in [0.3, 0.4) is 0 Å². The minimum absolute atomic E-state index is 0.0913. The Bertz CT molecular complexity index is 271. The van der Waals surface area contributed by atoms with Crippen LogP contribution in [0.1, 0.15) is 41.0 Å². The number of nitrogens with two attached hydrogens (primary N) is 1. The van der Waals surface area contributed by atoms with Crippen molar-refractivity contribution in [2.75, 3.05) is 6.54 Å². The Hall–Kier alpha value is -1.10. The standard InChI is InChI=1S/C12H24N2O3/c1-6-8(2)10(13)11(16)14-7-9(15)17-12(3,4)5/h8,10H,6-7,13H2,1-5H3,(H,14,16)/t8-,10-/m0/s1. The van der Waals surface area contributed by atoms with Crippen molar-refractivity contribution in [1.29, 1.82) is 0 Å². The van der Waals surface area contributed by atoms with Gasteiger partial charge in [0.25, 0.3) is 0 Å². The van der Waals surface area contributed by atoms with Crippen molar-refractivity contribution >= 4 is 11.9 Å². The van der Waals surface area contributed by atoms with E-state index >= 15 is 0 Å². The second-order valence-electron chi connectivity index (χ2n) is 5.22. The largest absolute Gasteiger partial charge is 0.459 e. The predicted molar refractivity (Wildman–Crippen MR) is 66.3 cm³/mol. The number of amides is 1. The fraction of sp³-hybridized carbons (Fsp3) is 0.833. The molecule has 0 aromatic heterocycles. The minimum Gasteiger partial charge on any atom is -0.459 e. The highest BCUT2D eigenvalue weighted by atomic mass is 16.6. The van der Waals surface area contributed by atoms with E-state index in [0.717, 1.165) is 6.42 Å². The molecule has 0 aromatic carbocycles. The zero-order valence-electron chi connectivity index (χ0n) is 11.4. The number of hydrogen-bond donors (Lipinski definition) is 2. The first-order chi connectivity index (χ1) is 7.67. The molecular weight excluding hydrogens is 220 g/mol. The Kier molecular flexibility index (Phi) is 6.16. The van der Waals surface area contributed by atoms with E-state index < -0.39 is 17.6 Å². The van der Waals surface area contributed by atoms with Crippen LogP contribution < -0.4 is 11.1 Å². The van der Waals surface area contributed by atoms with E-state index in [0.29, 0.717) is 0 Å². The number of hydrogen-bond acceptors (Lipinski definition) is 4. The lowest BCUT2D eigenvalue weighted by molar-refractivity contribution is -0.154. The Morgan fingerprint density at radius 1 is 1.35 bits per heavy atom. The van der Waals surface area contributed by atoms with Crippen molar-refractivity contribution in [3.8, 4) is 0 Å².